The molecule has 0 unspecified atom stereocenters. The van der Waals surface area contributed by atoms with Crippen molar-refractivity contribution in [3.05, 3.63) is 46.7 Å². The molecule has 0 saturated carbocycles. The molecule has 0 aliphatic carbocycles. The number of halogens is 1. The maximum atomic E-state index is 13.0. The minimum absolute atomic E-state index is 0.127. The SMILES string of the molecule is CN(Cc1csc(NC(=O)NCc2cccc(F)c2)n1)S(C)(=O)=O. The Balaban J connectivity index is 1.86. The van der Waals surface area contributed by atoms with E-state index in [1.165, 1.54) is 30.5 Å². The van der Waals surface area contributed by atoms with E-state index in [1.54, 1.807) is 17.5 Å². The van der Waals surface area contributed by atoms with Crippen LogP contribution in [0.15, 0.2) is 29.6 Å². The van der Waals surface area contributed by atoms with Crippen LogP contribution in [0.5, 0.6) is 0 Å². The van der Waals surface area contributed by atoms with Crippen molar-refractivity contribution < 1.29 is 17.6 Å². The summed E-state index contributed by atoms with van der Waals surface area (Å²) in [5, 5.41) is 7.17. The molecule has 1 aromatic heterocycles. The lowest BCUT2D eigenvalue weighted by molar-refractivity contribution is 0.251. The van der Waals surface area contributed by atoms with Gasteiger partial charge in [0.15, 0.2) is 5.13 Å². The van der Waals surface area contributed by atoms with Crippen LogP contribution in [-0.2, 0) is 23.1 Å². The molecule has 7 nitrogen and oxygen atoms in total. The summed E-state index contributed by atoms with van der Waals surface area (Å²) in [5.41, 5.74) is 1.17. The predicted molar refractivity (Wildman–Crippen MR) is 90.7 cm³/mol. The monoisotopic (exact) mass is 372 g/mol. The number of rotatable bonds is 6. The third-order valence-electron chi connectivity index (χ3n) is 3.07. The average molecular weight is 372 g/mol. The Morgan fingerprint density at radius 3 is 2.83 bits per heavy atom. The van der Waals surface area contributed by atoms with Crippen LogP contribution in [0.25, 0.3) is 0 Å². The Labute approximate surface area is 143 Å². The number of hydrogen-bond donors (Lipinski definition) is 2. The van der Waals surface area contributed by atoms with Crippen LogP contribution in [0.2, 0.25) is 0 Å². The van der Waals surface area contributed by atoms with Gasteiger partial charge in [0.1, 0.15) is 5.82 Å². The third kappa shape index (κ3) is 5.55. The molecule has 1 aromatic carbocycles. The summed E-state index contributed by atoms with van der Waals surface area (Å²) in [7, 11) is -1.84. The molecule has 0 atom stereocenters. The normalized spacial score (nSPS) is 11.5. The highest BCUT2D eigenvalue weighted by Crippen LogP contribution is 2.17. The van der Waals surface area contributed by atoms with E-state index in [0.29, 0.717) is 16.4 Å². The molecule has 0 saturated heterocycles. The van der Waals surface area contributed by atoms with Crippen LogP contribution in [0.3, 0.4) is 0 Å². The quantitative estimate of drug-likeness (QED) is 0.811. The van der Waals surface area contributed by atoms with Gasteiger partial charge in [0, 0.05) is 19.0 Å². The third-order valence-corrected chi connectivity index (χ3v) is 5.13. The summed E-state index contributed by atoms with van der Waals surface area (Å²) in [6.45, 7) is 0.306. The highest BCUT2D eigenvalue weighted by Gasteiger charge is 2.14. The number of nitrogens with zero attached hydrogens (tertiary/aromatic N) is 2. The Morgan fingerprint density at radius 2 is 2.17 bits per heavy atom. The Hall–Kier alpha value is -2.04. The van der Waals surface area contributed by atoms with E-state index in [1.807, 2.05) is 0 Å². The van der Waals surface area contributed by atoms with Crippen molar-refractivity contribution in [2.45, 2.75) is 13.1 Å². The number of urea groups is 1. The zero-order chi connectivity index (χ0) is 17.7. The van der Waals surface area contributed by atoms with Gasteiger partial charge in [-0.15, -0.1) is 11.3 Å². The summed E-state index contributed by atoms with van der Waals surface area (Å²) in [6, 6.07) is 5.45. The second-order valence-corrected chi connectivity index (χ2v) is 8.05. The van der Waals surface area contributed by atoms with E-state index >= 15 is 0 Å². The summed E-state index contributed by atoms with van der Waals surface area (Å²) in [6.07, 6.45) is 1.11. The minimum Gasteiger partial charge on any atom is -0.334 e. The van der Waals surface area contributed by atoms with E-state index in [2.05, 4.69) is 15.6 Å². The van der Waals surface area contributed by atoms with Gasteiger partial charge in [0.25, 0.3) is 0 Å². The van der Waals surface area contributed by atoms with Crippen LogP contribution < -0.4 is 10.6 Å². The lowest BCUT2D eigenvalue weighted by Crippen LogP contribution is -2.28. The standard InChI is InChI=1S/C14H17FN4O3S2/c1-19(24(2,21)22)8-12-9-23-14(17-12)18-13(20)16-7-10-4-3-5-11(15)6-10/h3-6,9H,7-8H2,1-2H3,(H2,16,17,18,20). The molecule has 0 aliphatic rings. The first kappa shape index (κ1) is 18.3. The first-order chi connectivity index (χ1) is 11.2. The Bertz CT molecular complexity index is 823. The van der Waals surface area contributed by atoms with Gasteiger partial charge in [-0.3, -0.25) is 5.32 Å². The number of thiazole rings is 1. The molecule has 2 aromatic rings. The van der Waals surface area contributed by atoms with Crippen LogP contribution in [0, 0.1) is 5.82 Å². The maximum Gasteiger partial charge on any atom is 0.321 e. The van der Waals surface area contributed by atoms with Gasteiger partial charge in [0.2, 0.25) is 10.0 Å². The van der Waals surface area contributed by atoms with E-state index < -0.39 is 16.1 Å². The number of carbonyl (C=O) groups excluding carboxylic acids is 1. The molecule has 0 bridgehead atoms. The minimum atomic E-state index is -3.29. The van der Waals surface area contributed by atoms with Crippen LogP contribution in [0.4, 0.5) is 14.3 Å². The molecule has 0 aliphatic heterocycles. The molecule has 2 amide bonds. The summed E-state index contributed by atoms with van der Waals surface area (Å²) >= 11 is 1.19. The van der Waals surface area contributed by atoms with Crippen LogP contribution >= 0.6 is 11.3 Å². The van der Waals surface area contributed by atoms with Gasteiger partial charge in [-0.05, 0) is 17.7 Å². The van der Waals surface area contributed by atoms with Crippen LogP contribution in [-0.4, -0.2) is 37.0 Å². The van der Waals surface area contributed by atoms with Gasteiger partial charge < -0.3 is 5.32 Å². The first-order valence-corrected chi connectivity index (χ1v) is 9.62. The van der Waals surface area contributed by atoms with Crippen molar-refractivity contribution in [2.75, 3.05) is 18.6 Å². The largest absolute Gasteiger partial charge is 0.334 e. The first-order valence-electron chi connectivity index (χ1n) is 6.89. The second-order valence-electron chi connectivity index (χ2n) is 5.10. The van der Waals surface area contributed by atoms with Gasteiger partial charge in [0.05, 0.1) is 18.5 Å². The number of nitrogens with one attached hydrogen (secondary N) is 2. The molecule has 2 N–H and O–H groups in total. The highest BCUT2D eigenvalue weighted by molar-refractivity contribution is 7.88. The molecule has 0 radical (unpaired) electrons. The number of hydrogen-bond acceptors (Lipinski definition) is 5. The smallest absolute Gasteiger partial charge is 0.321 e. The number of amides is 2. The fraction of sp³-hybridized carbons (Fsp3) is 0.286. The molecule has 2 rings (SSSR count). The van der Waals surface area contributed by atoms with E-state index in [-0.39, 0.29) is 18.9 Å². The van der Waals surface area contributed by atoms with Crippen molar-refractivity contribution in [1.82, 2.24) is 14.6 Å². The summed E-state index contributed by atoms with van der Waals surface area (Å²) in [5.74, 6) is -0.366. The van der Waals surface area contributed by atoms with Crippen molar-refractivity contribution in [2.24, 2.45) is 0 Å². The van der Waals surface area contributed by atoms with Crippen molar-refractivity contribution in [1.29, 1.82) is 0 Å². The number of sulfonamides is 1. The van der Waals surface area contributed by atoms with E-state index in [4.69, 9.17) is 0 Å². The highest BCUT2D eigenvalue weighted by atomic mass is 32.2. The molecule has 0 spiro atoms. The number of aromatic nitrogens is 1. The van der Waals surface area contributed by atoms with Gasteiger partial charge in [-0.25, -0.2) is 22.6 Å². The van der Waals surface area contributed by atoms with Crippen LogP contribution in [0.1, 0.15) is 11.3 Å². The van der Waals surface area contributed by atoms with Crippen molar-refractivity contribution in [3.63, 3.8) is 0 Å². The molecule has 0 fully saturated rings. The lowest BCUT2D eigenvalue weighted by atomic mass is 10.2. The molecular formula is C14H17FN4O3S2. The van der Waals surface area contributed by atoms with E-state index in [9.17, 15) is 17.6 Å². The number of anilines is 1. The molecule has 24 heavy (non-hydrogen) atoms. The summed E-state index contributed by atoms with van der Waals surface area (Å²) in [4.78, 5) is 16.0. The molecular weight excluding hydrogens is 355 g/mol. The van der Waals surface area contributed by atoms with Gasteiger partial charge in [-0.2, -0.15) is 4.31 Å². The molecule has 1 heterocycles. The zero-order valence-corrected chi connectivity index (χ0v) is 14.7. The lowest BCUT2D eigenvalue weighted by Gasteiger charge is -2.11. The number of carbonyl (C=O) groups is 1. The van der Waals surface area contributed by atoms with Gasteiger partial charge in [-0.1, -0.05) is 12.1 Å². The fourth-order valence-electron chi connectivity index (χ4n) is 1.75. The second kappa shape index (κ2) is 7.69. The maximum absolute atomic E-state index is 13.0. The van der Waals surface area contributed by atoms with Crippen molar-refractivity contribution in [3.8, 4) is 0 Å². The van der Waals surface area contributed by atoms with Gasteiger partial charge >= 0.3 is 6.03 Å². The Morgan fingerprint density at radius 1 is 1.42 bits per heavy atom. The molecule has 10 heteroatoms. The Kier molecular flexibility index (Phi) is 5.86. The average Bonchev–Trinajstić information content (AvgIpc) is 2.91. The fourth-order valence-corrected chi connectivity index (χ4v) is 2.82. The topological polar surface area (TPSA) is 91.4 Å². The predicted octanol–water partition coefficient (Wildman–Crippen LogP) is 2.00. The number of benzene rings is 1. The van der Waals surface area contributed by atoms with E-state index in [0.717, 1.165) is 10.6 Å². The summed E-state index contributed by atoms with van der Waals surface area (Å²) < 4.78 is 36.9. The zero-order valence-electron chi connectivity index (χ0n) is 13.1. The van der Waals surface area contributed by atoms with Crippen molar-refractivity contribution >= 4 is 32.5 Å². The molecule has 130 valence electrons.